The maximum absolute atomic E-state index is 11.6. The minimum absolute atomic E-state index is 0. The zero-order chi connectivity index (χ0) is 12.8. The van der Waals surface area contributed by atoms with E-state index in [-0.39, 0.29) is 24.4 Å². The Morgan fingerprint density at radius 2 is 1.89 bits per heavy atom. The first-order chi connectivity index (χ1) is 8.04. The van der Waals surface area contributed by atoms with Crippen LogP contribution < -0.4 is 16.4 Å². The standard InChI is InChI=1S/C12H18N4O.ClH/c1-4-14-11(13)16-12(17)15-10-8(2)6-5-7-9(10)3;/h5-7H,4H2,1-3H3,(H4,13,14,15,16,17);1H. The van der Waals surface area contributed by atoms with E-state index in [1.54, 1.807) is 0 Å². The van der Waals surface area contributed by atoms with Gasteiger partial charge in [0, 0.05) is 12.2 Å². The summed E-state index contributed by atoms with van der Waals surface area (Å²) in [5, 5.41) is 5.22. The highest BCUT2D eigenvalue weighted by atomic mass is 35.5. The molecule has 0 aliphatic rings. The largest absolute Gasteiger partial charge is 0.370 e. The summed E-state index contributed by atoms with van der Waals surface area (Å²) in [6.45, 7) is 6.26. The maximum atomic E-state index is 11.6. The van der Waals surface area contributed by atoms with E-state index in [4.69, 9.17) is 5.73 Å². The fourth-order valence-corrected chi connectivity index (χ4v) is 1.48. The average molecular weight is 271 g/mol. The molecule has 4 N–H and O–H groups in total. The molecule has 5 nitrogen and oxygen atoms in total. The molecule has 0 aromatic heterocycles. The summed E-state index contributed by atoms with van der Waals surface area (Å²) in [5.41, 5.74) is 8.30. The predicted octanol–water partition coefficient (Wildman–Crippen LogP) is 2.18. The van der Waals surface area contributed by atoms with E-state index in [0.29, 0.717) is 6.54 Å². The molecule has 0 aliphatic carbocycles. The Balaban J connectivity index is 0.00000289. The third-order valence-corrected chi connectivity index (χ3v) is 2.29. The van der Waals surface area contributed by atoms with Crippen LogP contribution in [0.4, 0.5) is 10.5 Å². The normalized spacial score (nSPS) is 10.5. The van der Waals surface area contributed by atoms with Crippen molar-refractivity contribution in [1.29, 1.82) is 0 Å². The first kappa shape index (κ1) is 16.2. The van der Waals surface area contributed by atoms with E-state index in [9.17, 15) is 4.79 Å². The molecule has 100 valence electrons. The number of anilines is 1. The third-order valence-electron chi connectivity index (χ3n) is 2.29. The van der Waals surface area contributed by atoms with E-state index < -0.39 is 0 Å². The number of hydrogen-bond donors (Lipinski definition) is 3. The maximum Gasteiger partial charge on any atom is 0.326 e. The summed E-state index contributed by atoms with van der Waals surface area (Å²) in [4.78, 5) is 15.5. The third kappa shape index (κ3) is 4.63. The van der Waals surface area contributed by atoms with Crippen molar-refractivity contribution in [3.63, 3.8) is 0 Å². The van der Waals surface area contributed by atoms with E-state index >= 15 is 0 Å². The summed E-state index contributed by atoms with van der Waals surface area (Å²) >= 11 is 0. The number of carbonyl (C=O) groups is 1. The number of amides is 2. The Morgan fingerprint density at radius 1 is 1.33 bits per heavy atom. The highest BCUT2D eigenvalue weighted by Gasteiger charge is 2.07. The van der Waals surface area contributed by atoms with Gasteiger partial charge in [-0.15, -0.1) is 12.4 Å². The predicted molar refractivity (Wildman–Crippen MR) is 77.5 cm³/mol. The number of nitrogens with zero attached hydrogens (tertiary/aromatic N) is 1. The molecule has 0 atom stereocenters. The van der Waals surface area contributed by atoms with Gasteiger partial charge >= 0.3 is 6.03 Å². The number of nitrogens with one attached hydrogen (secondary N) is 2. The van der Waals surface area contributed by atoms with E-state index in [0.717, 1.165) is 16.8 Å². The smallest absolute Gasteiger partial charge is 0.326 e. The minimum atomic E-state index is -0.378. The number of benzene rings is 1. The highest BCUT2D eigenvalue weighted by Crippen LogP contribution is 2.18. The van der Waals surface area contributed by atoms with Gasteiger partial charge in [0.25, 0.3) is 0 Å². The monoisotopic (exact) mass is 270 g/mol. The van der Waals surface area contributed by atoms with Crippen LogP contribution >= 0.6 is 12.4 Å². The van der Waals surface area contributed by atoms with E-state index in [1.807, 2.05) is 39.0 Å². The van der Waals surface area contributed by atoms with Crippen molar-refractivity contribution >= 4 is 30.1 Å². The Labute approximate surface area is 113 Å². The first-order valence-electron chi connectivity index (χ1n) is 5.48. The summed E-state index contributed by atoms with van der Waals surface area (Å²) in [6.07, 6.45) is 0. The Morgan fingerprint density at radius 3 is 2.39 bits per heavy atom. The molecule has 1 aromatic rings. The van der Waals surface area contributed by atoms with Crippen LogP contribution in [-0.4, -0.2) is 18.5 Å². The molecule has 0 heterocycles. The Hall–Kier alpha value is -1.75. The molecule has 0 spiro atoms. The highest BCUT2D eigenvalue weighted by molar-refractivity contribution is 6.02. The first-order valence-corrected chi connectivity index (χ1v) is 5.48. The van der Waals surface area contributed by atoms with Gasteiger partial charge < -0.3 is 11.1 Å². The number of halogens is 1. The minimum Gasteiger partial charge on any atom is -0.370 e. The van der Waals surface area contributed by atoms with Crippen LogP contribution in [-0.2, 0) is 0 Å². The quantitative estimate of drug-likeness (QED) is 0.569. The van der Waals surface area contributed by atoms with Gasteiger partial charge in [-0.05, 0) is 31.9 Å². The lowest BCUT2D eigenvalue weighted by molar-refractivity contribution is 0.256. The van der Waals surface area contributed by atoms with Crippen LogP contribution in [0.3, 0.4) is 0 Å². The Kier molecular flexibility index (Phi) is 6.82. The molecular formula is C12H19ClN4O. The molecule has 0 fully saturated rings. The van der Waals surface area contributed by atoms with Gasteiger partial charge in [-0.2, -0.15) is 0 Å². The lowest BCUT2D eigenvalue weighted by atomic mass is 10.1. The fourth-order valence-electron chi connectivity index (χ4n) is 1.48. The second-order valence-electron chi connectivity index (χ2n) is 3.71. The molecule has 0 aliphatic heterocycles. The fraction of sp³-hybridized carbons (Fsp3) is 0.333. The number of aryl methyl sites for hydroxylation is 2. The van der Waals surface area contributed by atoms with Gasteiger partial charge in [-0.25, -0.2) is 4.79 Å². The van der Waals surface area contributed by atoms with Crippen molar-refractivity contribution in [2.75, 3.05) is 11.9 Å². The van der Waals surface area contributed by atoms with Crippen LogP contribution in [0.15, 0.2) is 23.2 Å². The molecule has 0 saturated heterocycles. The van der Waals surface area contributed by atoms with Crippen molar-refractivity contribution in [2.24, 2.45) is 10.7 Å². The van der Waals surface area contributed by atoms with Crippen molar-refractivity contribution in [3.8, 4) is 0 Å². The molecule has 0 bridgehead atoms. The van der Waals surface area contributed by atoms with E-state index in [1.165, 1.54) is 0 Å². The zero-order valence-corrected chi connectivity index (χ0v) is 11.6. The van der Waals surface area contributed by atoms with Crippen LogP contribution in [0, 0.1) is 13.8 Å². The van der Waals surface area contributed by atoms with Crippen molar-refractivity contribution < 1.29 is 4.79 Å². The summed E-state index contributed by atoms with van der Waals surface area (Å²) in [6, 6.07) is 5.44. The zero-order valence-electron chi connectivity index (χ0n) is 10.8. The molecule has 6 heteroatoms. The van der Waals surface area contributed by atoms with Crippen LogP contribution in [0.5, 0.6) is 0 Å². The van der Waals surface area contributed by atoms with Crippen molar-refractivity contribution in [1.82, 2.24) is 5.32 Å². The summed E-state index contributed by atoms with van der Waals surface area (Å²) < 4.78 is 0. The number of aliphatic imine (C=N–C) groups is 1. The second kappa shape index (κ2) is 7.55. The molecule has 0 radical (unpaired) electrons. The SMILES string of the molecule is CCN=C(N)NC(=O)Nc1c(C)cccc1C.Cl. The van der Waals surface area contributed by atoms with Gasteiger partial charge in [-0.3, -0.25) is 10.3 Å². The van der Waals surface area contributed by atoms with Crippen molar-refractivity contribution in [2.45, 2.75) is 20.8 Å². The molecule has 0 unspecified atom stereocenters. The number of hydrogen-bond acceptors (Lipinski definition) is 2. The van der Waals surface area contributed by atoms with Gasteiger partial charge in [0.05, 0.1) is 0 Å². The molecular weight excluding hydrogens is 252 g/mol. The number of para-hydroxylation sites is 1. The number of guanidine groups is 1. The van der Waals surface area contributed by atoms with Crippen molar-refractivity contribution in [3.05, 3.63) is 29.3 Å². The molecule has 0 saturated carbocycles. The van der Waals surface area contributed by atoms with Gasteiger partial charge in [0.15, 0.2) is 5.96 Å². The van der Waals surface area contributed by atoms with Crippen LogP contribution in [0.1, 0.15) is 18.1 Å². The number of nitrogens with two attached hydrogens (primary N) is 1. The van der Waals surface area contributed by atoms with Gasteiger partial charge in [-0.1, -0.05) is 18.2 Å². The van der Waals surface area contributed by atoms with Crippen LogP contribution in [0.25, 0.3) is 0 Å². The summed E-state index contributed by atoms with van der Waals surface area (Å²) in [7, 11) is 0. The molecule has 2 amide bonds. The molecule has 18 heavy (non-hydrogen) atoms. The van der Waals surface area contributed by atoms with E-state index in [2.05, 4.69) is 15.6 Å². The lowest BCUT2D eigenvalue weighted by Crippen LogP contribution is -2.39. The number of rotatable bonds is 2. The number of urea groups is 1. The summed E-state index contributed by atoms with van der Waals surface area (Å²) in [5.74, 6) is 0.122. The Bertz CT molecular complexity index is 425. The lowest BCUT2D eigenvalue weighted by Gasteiger charge is -2.11. The van der Waals surface area contributed by atoms with Gasteiger partial charge in [0.1, 0.15) is 0 Å². The topological polar surface area (TPSA) is 79.5 Å². The molecule has 1 aromatic carbocycles. The van der Waals surface area contributed by atoms with Gasteiger partial charge in [0.2, 0.25) is 0 Å². The van der Waals surface area contributed by atoms with Crippen LogP contribution in [0.2, 0.25) is 0 Å². The average Bonchev–Trinajstić information content (AvgIpc) is 2.24. The second-order valence-corrected chi connectivity index (χ2v) is 3.71. The number of carbonyl (C=O) groups excluding carboxylic acids is 1. The molecule has 1 rings (SSSR count).